The molecule has 0 aliphatic rings. The molecule has 0 saturated heterocycles. The summed E-state index contributed by atoms with van der Waals surface area (Å²) in [5.74, 6) is 1.31. The molecule has 6 nitrogen and oxygen atoms in total. The summed E-state index contributed by atoms with van der Waals surface area (Å²) >= 11 is 6.33. The Bertz CT molecular complexity index is 941. The quantitative estimate of drug-likeness (QED) is 0.569. The van der Waals surface area contributed by atoms with E-state index in [1.807, 2.05) is 50.2 Å². The molecule has 1 atom stereocenters. The highest BCUT2D eigenvalue weighted by Crippen LogP contribution is 2.30. The molecule has 0 aliphatic carbocycles. The summed E-state index contributed by atoms with van der Waals surface area (Å²) in [4.78, 5) is 12.9. The van der Waals surface area contributed by atoms with E-state index in [1.165, 1.54) is 0 Å². The largest absolute Gasteiger partial charge is 0.489 e. The van der Waals surface area contributed by atoms with Crippen molar-refractivity contribution in [1.29, 1.82) is 0 Å². The van der Waals surface area contributed by atoms with E-state index in [2.05, 4.69) is 15.8 Å². The van der Waals surface area contributed by atoms with Crippen LogP contribution in [0.3, 0.4) is 0 Å². The minimum atomic E-state index is -0.647. The molecule has 0 fully saturated rings. The van der Waals surface area contributed by atoms with Gasteiger partial charge in [0.2, 0.25) is 0 Å². The smallest absolute Gasteiger partial charge is 0.252 e. The molecular weight excluding hydrogens is 378 g/mol. The highest BCUT2D eigenvalue weighted by Gasteiger charge is 2.22. The molecule has 1 heterocycles. The Morgan fingerprint density at radius 2 is 1.89 bits per heavy atom. The Labute approximate surface area is 168 Å². The number of hydrogen-bond donors (Lipinski definition) is 2. The van der Waals surface area contributed by atoms with Crippen molar-refractivity contribution in [3.63, 3.8) is 0 Å². The Hall–Kier alpha value is -2.99. The minimum Gasteiger partial charge on any atom is -0.489 e. The minimum absolute atomic E-state index is 0.0186. The van der Waals surface area contributed by atoms with Crippen LogP contribution < -0.4 is 15.4 Å². The second-order valence-electron chi connectivity index (χ2n) is 6.61. The number of anilines is 2. The first-order valence-electron chi connectivity index (χ1n) is 8.94. The van der Waals surface area contributed by atoms with Crippen molar-refractivity contribution in [1.82, 2.24) is 5.16 Å². The highest BCUT2D eigenvalue weighted by atomic mass is 35.5. The molecule has 1 amide bonds. The summed E-state index contributed by atoms with van der Waals surface area (Å²) in [5.41, 5.74) is 1.50. The normalized spacial score (nSPS) is 11.9. The number of nitrogens with zero attached hydrogens (tertiary/aromatic N) is 1. The van der Waals surface area contributed by atoms with Crippen LogP contribution in [0.4, 0.5) is 11.5 Å². The number of nitrogens with one attached hydrogen (secondary N) is 2. The van der Waals surface area contributed by atoms with Crippen LogP contribution in [-0.4, -0.2) is 17.2 Å². The maximum atomic E-state index is 12.9. The first-order chi connectivity index (χ1) is 13.4. The van der Waals surface area contributed by atoms with E-state index in [1.54, 1.807) is 25.1 Å². The average Bonchev–Trinajstić information content (AvgIpc) is 3.07. The lowest BCUT2D eigenvalue weighted by atomic mass is 10.1. The van der Waals surface area contributed by atoms with Crippen LogP contribution in [0.2, 0.25) is 5.02 Å². The third-order valence-corrected chi connectivity index (χ3v) is 4.18. The van der Waals surface area contributed by atoms with Gasteiger partial charge in [0.25, 0.3) is 5.91 Å². The molecule has 28 heavy (non-hydrogen) atoms. The van der Waals surface area contributed by atoms with Crippen LogP contribution in [0.25, 0.3) is 0 Å². The summed E-state index contributed by atoms with van der Waals surface area (Å²) in [7, 11) is 0. The number of ether oxygens (including phenoxy) is 1. The zero-order valence-electron chi connectivity index (χ0n) is 15.9. The Morgan fingerprint density at radius 3 is 2.50 bits per heavy atom. The van der Waals surface area contributed by atoms with Crippen molar-refractivity contribution >= 4 is 29.0 Å². The Kier molecular flexibility index (Phi) is 6.21. The van der Waals surface area contributed by atoms with Crippen molar-refractivity contribution in [3.05, 3.63) is 70.9 Å². The molecule has 0 aliphatic heterocycles. The van der Waals surface area contributed by atoms with Gasteiger partial charge in [0, 0.05) is 11.8 Å². The van der Waals surface area contributed by atoms with E-state index >= 15 is 0 Å². The van der Waals surface area contributed by atoms with Crippen LogP contribution in [0.1, 0.15) is 31.2 Å². The number of aryl methyl sites for hydroxylation is 1. The van der Waals surface area contributed by atoms with Crippen molar-refractivity contribution in [2.24, 2.45) is 0 Å². The lowest BCUT2D eigenvalue weighted by Gasteiger charge is -2.20. The van der Waals surface area contributed by atoms with Crippen LogP contribution in [0.15, 0.2) is 59.1 Å². The molecule has 0 saturated carbocycles. The van der Waals surface area contributed by atoms with Gasteiger partial charge < -0.3 is 19.9 Å². The van der Waals surface area contributed by atoms with Crippen LogP contribution >= 0.6 is 11.6 Å². The number of hydrogen-bond acceptors (Lipinski definition) is 5. The average molecular weight is 400 g/mol. The predicted octanol–water partition coefficient (Wildman–Crippen LogP) is 5.22. The molecule has 2 aromatic carbocycles. The van der Waals surface area contributed by atoms with E-state index in [0.29, 0.717) is 28.0 Å². The number of amides is 1. The fourth-order valence-electron chi connectivity index (χ4n) is 2.68. The van der Waals surface area contributed by atoms with E-state index in [9.17, 15) is 4.79 Å². The number of rotatable bonds is 7. The molecule has 7 heteroatoms. The summed E-state index contributed by atoms with van der Waals surface area (Å²) in [6.07, 6.45) is 0.0186. The fourth-order valence-corrected chi connectivity index (χ4v) is 2.90. The standard InChI is InChI=1S/C21H22ClN3O3/c1-13(2)27-18-10-9-16(12-17(18)22)23-20(15-7-5-4-6-8-15)21(26)24-19-11-14(3)28-25-19/h4-13,20,23H,1-3H3,(H,24,25,26)/t20-/m0/s1. The number of benzene rings is 2. The molecule has 1 aromatic heterocycles. The predicted molar refractivity (Wildman–Crippen MR) is 110 cm³/mol. The first-order valence-corrected chi connectivity index (χ1v) is 9.32. The van der Waals surface area contributed by atoms with Crippen molar-refractivity contribution in [3.8, 4) is 5.75 Å². The molecule has 146 valence electrons. The van der Waals surface area contributed by atoms with Crippen LogP contribution in [0, 0.1) is 6.92 Å². The van der Waals surface area contributed by atoms with Crippen molar-refractivity contribution < 1.29 is 14.1 Å². The zero-order chi connectivity index (χ0) is 20.1. The molecular formula is C21H22ClN3O3. The highest BCUT2D eigenvalue weighted by molar-refractivity contribution is 6.32. The van der Waals surface area contributed by atoms with Gasteiger partial charge >= 0.3 is 0 Å². The summed E-state index contributed by atoms with van der Waals surface area (Å²) in [6.45, 7) is 5.63. The number of halogens is 1. The zero-order valence-corrected chi connectivity index (χ0v) is 16.7. The maximum absolute atomic E-state index is 12.9. The van der Waals surface area contributed by atoms with Gasteiger partial charge in [-0.25, -0.2) is 0 Å². The Morgan fingerprint density at radius 1 is 1.14 bits per heavy atom. The van der Waals surface area contributed by atoms with E-state index in [0.717, 1.165) is 5.56 Å². The topological polar surface area (TPSA) is 76.4 Å². The van der Waals surface area contributed by atoms with Gasteiger partial charge in [-0.2, -0.15) is 0 Å². The van der Waals surface area contributed by atoms with E-state index < -0.39 is 6.04 Å². The molecule has 0 unspecified atom stereocenters. The number of aromatic nitrogens is 1. The van der Waals surface area contributed by atoms with Gasteiger partial charge in [-0.3, -0.25) is 4.79 Å². The molecule has 3 aromatic rings. The molecule has 2 N–H and O–H groups in total. The van der Waals surface area contributed by atoms with Gasteiger partial charge in [-0.1, -0.05) is 47.1 Å². The lowest BCUT2D eigenvalue weighted by Crippen LogP contribution is -2.27. The van der Waals surface area contributed by atoms with Crippen LogP contribution in [0.5, 0.6) is 5.75 Å². The van der Waals surface area contributed by atoms with Crippen molar-refractivity contribution in [2.45, 2.75) is 32.9 Å². The van der Waals surface area contributed by atoms with Gasteiger partial charge in [0.15, 0.2) is 5.82 Å². The second kappa shape index (κ2) is 8.80. The van der Waals surface area contributed by atoms with Crippen molar-refractivity contribution in [2.75, 3.05) is 10.6 Å². The summed E-state index contributed by atoms with van der Waals surface area (Å²) in [6, 6.07) is 15.8. The molecule has 0 bridgehead atoms. The van der Waals surface area contributed by atoms with E-state index in [4.69, 9.17) is 20.9 Å². The number of carbonyl (C=O) groups is 1. The molecule has 3 rings (SSSR count). The molecule has 0 radical (unpaired) electrons. The van der Waals surface area contributed by atoms with Crippen LogP contribution in [-0.2, 0) is 4.79 Å². The second-order valence-corrected chi connectivity index (χ2v) is 7.02. The first kappa shape index (κ1) is 19.8. The van der Waals surface area contributed by atoms with Gasteiger partial charge in [-0.05, 0) is 44.5 Å². The number of carbonyl (C=O) groups excluding carboxylic acids is 1. The van der Waals surface area contributed by atoms with E-state index in [-0.39, 0.29) is 12.0 Å². The summed E-state index contributed by atoms with van der Waals surface area (Å²) in [5, 5.41) is 10.3. The third kappa shape index (κ3) is 5.04. The van der Waals surface area contributed by atoms with Gasteiger partial charge in [-0.15, -0.1) is 0 Å². The fraction of sp³-hybridized carbons (Fsp3) is 0.238. The SMILES string of the molecule is Cc1cc(NC(=O)[C@@H](Nc2ccc(OC(C)C)c(Cl)c2)c2ccccc2)no1. The third-order valence-electron chi connectivity index (χ3n) is 3.88. The maximum Gasteiger partial charge on any atom is 0.252 e. The lowest BCUT2D eigenvalue weighted by molar-refractivity contribution is -0.117. The Balaban J connectivity index is 1.83. The van der Waals surface area contributed by atoms with Gasteiger partial charge in [0.05, 0.1) is 11.1 Å². The monoisotopic (exact) mass is 399 g/mol. The summed E-state index contributed by atoms with van der Waals surface area (Å²) < 4.78 is 10.7. The van der Waals surface area contributed by atoms with Gasteiger partial charge in [0.1, 0.15) is 17.6 Å². The molecule has 0 spiro atoms.